The highest BCUT2D eigenvalue weighted by molar-refractivity contribution is 5.44. The van der Waals surface area contributed by atoms with Crippen LogP contribution in [0, 0.1) is 5.92 Å². The number of fused-ring (bicyclic) bond motifs is 1. The first-order chi connectivity index (χ1) is 7.13. The number of ether oxygens (including phenoxy) is 2. The van der Waals surface area contributed by atoms with Crippen LogP contribution in [0.15, 0.2) is 18.2 Å². The highest BCUT2D eigenvalue weighted by atomic mass is 16.7. The SMILES string of the molecule is CC(C)C.NCc1ccc2c(c1)OCO2. The first-order valence-corrected chi connectivity index (χ1v) is 5.22. The van der Waals surface area contributed by atoms with Gasteiger partial charge < -0.3 is 15.2 Å². The van der Waals surface area contributed by atoms with E-state index in [0.717, 1.165) is 23.0 Å². The molecule has 0 bridgehead atoms. The number of nitrogens with two attached hydrogens (primary N) is 1. The van der Waals surface area contributed by atoms with Gasteiger partial charge in [-0.05, 0) is 23.6 Å². The predicted octanol–water partition coefficient (Wildman–Crippen LogP) is 2.54. The van der Waals surface area contributed by atoms with Crippen molar-refractivity contribution in [1.82, 2.24) is 0 Å². The molecule has 0 unspecified atom stereocenters. The highest BCUT2D eigenvalue weighted by Crippen LogP contribution is 2.32. The summed E-state index contributed by atoms with van der Waals surface area (Å²) in [5.74, 6) is 2.44. The van der Waals surface area contributed by atoms with Crippen molar-refractivity contribution in [2.24, 2.45) is 11.7 Å². The summed E-state index contributed by atoms with van der Waals surface area (Å²) in [6, 6.07) is 5.72. The van der Waals surface area contributed by atoms with E-state index in [1.165, 1.54) is 0 Å². The Morgan fingerprint density at radius 1 is 1.20 bits per heavy atom. The van der Waals surface area contributed by atoms with Crippen molar-refractivity contribution in [3.63, 3.8) is 0 Å². The third kappa shape index (κ3) is 3.80. The van der Waals surface area contributed by atoms with Gasteiger partial charge in [0.25, 0.3) is 0 Å². The predicted molar refractivity (Wildman–Crippen MR) is 61.0 cm³/mol. The third-order valence-corrected chi connectivity index (χ3v) is 1.67. The Labute approximate surface area is 91.2 Å². The van der Waals surface area contributed by atoms with Crippen LogP contribution < -0.4 is 15.2 Å². The van der Waals surface area contributed by atoms with Gasteiger partial charge in [0, 0.05) is 6.54 Å². The van der Waals surface area contributed by atoms with E-state index >= 15 is 0 Å². The second-order valence-electron chi connectivity index (χ2n) is 4.12. The van der Waals surface area contributed by atoms with E-state index < -0.39 is 0 Å². The van der Waals surface area contributed by atoms with Gasteiger partial charge in [-0.3, -0.25) is 0 Å². The van der Waals surface area contributed by atoms with Gasteiger partial charge in [-0.25, -0.2) is 0 Å². The molecule has 0 aromatic heterocycles. The average Bonchev–Trinajstić information content (AvgIpc) is 2.63. The fraction of sp³-hybridized carbons (Fsp3) is 0.500. The molecule has 0 spiro atoms. The van der Waals surface area contributed by atoms with Crippen LogP contribution in [0.3, 0.4) is 0 Å². The standard InChI is InChI=1S/C8H9NO2.C4H10/c9-4-6-1-2-7-8(3-6)11-5-10-7;1-4(2)3/h1-3H,4-5,9H2;4H,1-3H3. The van der Waals surface area contributed by atoms with E-state index in [4.69, 9.17) is 15.2 Å². The van der Waals surface area contributed by atoms with Crippen molar-refractivity contribution < 1.29 is 9.47 Å². The zero-order chi connectivity index (χ0) is 11.3. The Morgan fingerprint density at radius 2 is 1.80 bits per heavy atom. The number of benzene rings is 1. The van der Waals surface area contributed by atoms with Gasteiger partial charge in [-0.1, -0.05) is 26.8 Å². The molecular formula is C12H19NO2. The monoisotopic (exact) mass is 209 g/mol. The van der Waals surface area contributed by atoms with Crippen LogP contribution in [0.1, 0.15) is 26.3 Å². The van der Waals surface area contributed by atoms with Gasteiger partial charge in [0.2, 0.25) is 6.79 Å². The summed E-state index contributed by atoms with van der Waals surface area (Å²) in [4.78, 5) is 0. The molecule has 0 aliphatic carbocycles. The molecule has 1 heterocycles. The molecule has 15 heavy (non-hydrogen) atoms. The van der Waals surface area contributed by atoms with Crippen LogP contribution in [0.2, 0.25) is 0 Å². The van der Waals surface area contributed by atoms with Gasteiger partial charge >= 0.3 is 0 Å². The maximum absolute atomic E-state index is 5.45. The van der Waals surface area contributed by atoms with Crippen molar-refractivity contribution in [1.29, 1.82) is 0 Å². The normalized spacial score (nSPS) is 12.3. The van der Waals surface area contributed by atoms with Gasteiger partial charge in [0.05, 0.1) is 0 Å². The molecule has 2 N–H and O–H groups in total. The lowest BCUT2D eigenvalue weighted by molar-refractivity contribution is 0.174. The molecule has 0 atom stereocenters. The maximum Gasteiger partial charge on any atom is 0.231 e. The number of hydrogen-bond acceptors (Lipinski definition) is 3. The zero-order valence-electron chi connectivity index (χ0n) is 9.62. The van der Waals surface area contributed by atoms with Crippen molar-refractivity contribution in [3.8, 4) is 11.5 Å². The molecule has 0 saturated carbocycles. The topological polar surface area (TPSA) is 44.5 Å². The second-order valence-corrected chi connectivity index (χ2v) is 4.12. The number of rotatable bonds is 1. The summed E-state index contributed by atoms with van der Waals surface area (Å²) < 4.78 is 10.3. The highest BCUT2D eigenvalue weighted by Gasteiger charge is 2.11. The van der Waals surface area contributed by atoms with Crippen LogP contribution in [0.25, 0.3) is 0 Å². The molecule has 1 aliphatic rings. The van der Waals surface area contributed by atoms with E-state index in [-0.39, 0.29) is 0 Å². The van der Waals surface area contributed by atoms with Gasteiger partial charge in [-0.2, -0.15) is 0 Å². The summed E-state index contributed by atoms with van der Waals surface area (Å²) >= 11 is 0. The Balaban J connectivity index is 0.000000245. The van der Waals surface area contributed by atoms with Crippen molar-refractivity contribution in [2.75, 3.05) is 6.79 Å². The van der Waals surface area contributed by atoms with E-state index in [1.807, 2.05) is 18.2 Å². The van der Waals surface area contributed by atoms with Gasteiger partial charge in [-0.15, -0.1) is 0 Å². The first-order valence-electron chi connectivity index (χ1n) is 5.22. The molecule has 0 fully saturated rings. The lowest BCUT2D eigenvalue weighted by Crippen LogP contribution is -1.95. The van der Waals surface area contributed by atoms with Crippen molar-refractivity contribution in [3.05, 3.63) is 23.8 Å². The van der Waals surface area contributed by atoms with Gasteiger partial charge in [0.15, 0.2) is 11.5 Å². The van der Waals surface area contributed by atoms with Crippen molar-refractivity contribution >= 4 is 0 Å². The van der Waals surface area contributed by atoms with E-state index in [2.05, 4.69) is 20.8 Å². The third-order valence-electron chi connectivity index (χ3n) is 1.67. The molecule has 1 aromatic rings. The fourth-order valence-corrected chi connectivity index (χ4v) is 1.07. The Kier molecular flexibility index (Phi) is 4.43. The lowest BCUT2D eigenvalue weighted by atomic mass is 10.2. The molecule has 0 saturated heterocycles. The van der Waals surface area contributed by atoms with Gasteiger partial charge in [0.1, 0.15) is 0 Å². The summed E-state index contributed by atoms with van der Waals surface area (Å²) in [6.07, 6.45) is 0. The summed E-state index contributed by atoms with van der Waals surface area (Å²) in [7, 11) is 0. The zero-order valence-corrected chi connectivity index (χ0v) is 9.62. The molecule has 0 radical (unpaired) electrons. The van der Waals surface area contributed by atoms with Crippen molar-refractivity contribution in [2.45, 2.75) is 27.3 Å². The first kappa shape index (κ1) is 11.9. The van der Waals surface area contributed by atoms with E-state index in [1.54, 1.807) is 0 Å². The minimum atomic E-state index is 0.323. The molecule has 3 nitrogen and oxygen atoms in total. The quantitative estimate of drug-likeness (QED) is 0.773. The second kappa shape index (κ2) is 5.61. The van der Waals surface area contributed by atoms with E-state index in [9.17, 15) is 0 Å². The molecule has 3 heteroatoms. The molecule has 1 aliphatic heterocycles. The van der Waals surface area contributed by atoms with Crippen LogP contribution >= 0.6 is 0 Å². The Hall–Kier alpha value is -1.22. The number of hydrogen-bond donors (Lipinski definition) is 1. The van der Waals surface area contributed by atoms with Crippen LogP contribution in [-0.2, 0) is 6.54 Å². The molecule has 2 rings (SSSR count). The van der Waals surface area contributed by atoms with Crippen LogP contribution in [0.5, 0.6) is 11.5 Å². The Bertz CT molecular complexity index is 308. The van der Waals surface area contributed by atoms with E-state index in [0.29, 0.717) is 13.3 Å². The summed E-state index contributed by atoms with van der Waals surface area (Å²) in [5.41, 5.74) is 6.51. The molecular weight excluding hydrogens is 190 g/mol. The maximum atomic E-state index is 5.45. The molecule has 84 valence electrons. The lowest BCUT2D eigenvalue weighted by Gasteiger charge is -1.97. The molecule has 0 amide bonds. The minimum Gasteiger partial charge on any atom is -0.454 e. The smallest absolute Gasteiger partial charge is 0.231 e. The summed E-state index contributed by atoms with van der Waals surface area (Å²) in [6.45, 7) is 7.36. The van der Waals surface area contributed by atoms with Crippen LogP contribution in [-0.4, -0.2) is 6.79 Å². The summed E-state index contributed by atoms with van der Waals surface area (Å²) in [5, 5.41) is 0. The Morgan fingerprint density at radius 3 is 2.40 bits per heavy atom. The largest absolute Gasteiger partial charge is 0.454 e. The fourth-order valence-electron chi connectivity index (χ4n) is 1.07. The average molecular weight is 209 g/mol. The molecule has 1 aromatic carbocycles. The van der Waals surface area contributed by atoms with Crippen LogP contribution in [0.4, 0.5) is 0 Å². The minimum absolute atomic E-state index is 0.323.